The lowest BCUT2D eigenvalue weighted by atomic mass is 10.2. The molecule has 1 N–H and O–H groups in total. The molecule has 0 heterocycles. The second-order valence-electron chi connectivity index (χ2n) is 5.31. The monoisotopic (exact) mass is 392 g/mol. The molecule has 1 atom stereocenters. The van der Waals surface area contributed by atoms with Gasteiger partial charge in [-0.1, -0.05) is 29.8 Å². The predicted octanol–water partition coefficient (Wildman–Crippen LogP) is 3.97. The van der Waals surface area contributed by atoms with Crippen LogP contribution < -0.4 is 5.32 Å². The van der Waals surface area contributed by atoms with Gasteiger partial charge in [-0.2, -0.15) is 0 Å². The van der Waals surface area contributed by atoms with E-state index in [1.165, 1.54) is 49.4 Å². The smallest absolute Gasteiger partial charge is 0.331 e. The van der Waals surface area contributed by atoms with Crippen LogP contribution in [0.2, 0.25) is 5.02 Å². The minimum absolute atomic E-state index is 0.00753. The summed E-state index contributed by atoms with van der Waals surface area (Å²) in [7, 11) is 0. The van der Waals surface area contributed by atoms with Crippen LogP contribution in [-0.4, -0.2) is 22.9 Å². The third kappa shape index (κ3) is 5.35. The summed E-state index contributed by atoms with van der Waals surface area (Å²) < 4.78 is 18.5. The quantitative estimate of drug-likeness (QED) is 0.347. The van der Waals surface area contributed by atoms with Crippen molar-refractivity contribution >= 4 is 40.9 Å². The molecule has 140 valence electrons. The van der Waals surface area contributed by atoms with Gasteiger partial charge in [0.1, 0.15) is 11.5 Å². The normalized spacial score (nSPS) is 11.8. The molecule has 2 aromatic carbocycles. The first-order chi connectivity index (χ1) is 12.8. The molecule has 0 aliphatic rings. The molecular weight excluding hydrogens is 379 g/mol. The van der Waals surface area contributed by atoms with E-state index in [4.69, 9.17) is 16.3 Å². The van der Waals surface area contributed by atoms with Crippen LogP contribution in [0, 0.1) is 15.9 Å². The maximum Gasteiger partial charge on any atom is 0.331 e. The number of anilines is 1. The highest BCUT2D eigenvalue weighted by Gasteiger charge is 2.21. The summed E-state index contributed by atoms with van der Waals surface area (Å²) in [6, 6.07) is 9.61. The van der Waals surface area contributed by atoms with Gasteiger partial charge in [-0.25, -0.2) is 9.18 Å². The minimum Gasteiger partial charge on any atom is -0.449 e. The number of hydrogen-bond donors (Lipinski definition) is 1. The number of amides is 1. The van der Waals surface area contributed by atoms with Crippen molar-refractivity contribution in [2.45, 2.75) is 13.0 Å². The van der Waals surface area contributed by atoms with E-state index in [-0.39, 0.29) is 22.0 Å². The van der Waals surface area contributed by atoms with E-state index in [0.717, 1.165) is 12.2 Å². The zero-order chi connectivity index (χ0) is 20.0. The molecule has 2 rings (SSSR count). The Morgan fingerprint density at radius 3 is 2.63 bits per heavy atom. The maximum absolute atomic E-state index is 13.6. The fourth-order valence-corrected chi connectivity index (χ4v) is 2.29. The highest BCUT2D eigenvalue weighted by Crippen LogP contribution is 2.23. The average Bonchev–Trinajstić information content (AvgIpc) is 2.61. The summed E-state index contributed by atoms with van der Waals surface area (Å²) in [5, 5.41) is 13.4. The van der Waals surface area contributed by atoms with Crippen molar-refractivity contribution in [1.82, 2.24) is 0 Å². The summed E-state index contributed by atoms with van der Waals surface area (Å²) >= 11 is 5.84. The van der Waals surface area contributed by atoms with E-state index in [0.29, 0.717) is 0 Å². The van der Waals surface area contributed by atoms with Crippen LogP contribution in [0.15, 0.2) is 48.5 Å². The van der Waals surface area contributed by atoms with E-state index in [1.54, 1.807) is 0 Å². The van der Waals surface area contributed by atoms with Gasteiger partial charge in [-0.3, -0.25) is 14.9 Å². The molecule has 1 amide bonds. The number of nitro groups is 1. The molecule has 0 aliphatic carbocycles. The van der Waals surface area contributed by atoms with Gasteiger partial charge in [0.05, 0.1) is 9.95 Å². The maximum atomic E-state index is 13.6. The first-order valence-electron chi connectivity index (χ1n) is 7.66. The van der Waals surface area contributed by atoms with Gasteiger partial charge in [-0.05, 0) is 31.2 Å². The molecule has 0 fully saturated rings. The lowest BCUT2D eigenvalue weighted by molar-refractivity contribution is -0.383. The van der Waals surface area contributed by atoms with Gasteiger partial charge in [0.15, 0.2) is 6.10 Å². The summed E-state index contributed by atoms with van der Waals surface area (Å²) in [6.45, 7) is 1.30. The number of carbonyl (C=O) groups is 2. The number of carbonyl (C=O) groups excluding carboxylic acids is 2. The summed E-state index contributed by atoms with van der Waals surface area (Å²) in [5.74, 6) is -2.27. The van der Waals surface area contributed by atoms with Gasteiger partial charge in [0, 0.05) is 17.7 Å². The Balaban J connectivity index is 2.01. The molecule has 7 nitrogen and oxygen atoms in total. The highest BCUT2D eigenvalue weighted by atomic mass is 35.5. The number of nitrogens with one attached hydrogen (secondary N) is 1. The third-order valence-electron chi connectivity index (χ3n) is 3.41. The Kier molecular flexibility index (Phi) is 6.62. The number of para-hydroxylation sites is 2. The molecule has 0 bridgehead atoms. The Labute approximate surface area is 158 Å². The lowest BCUT2D eigenvalue weighted by Crippen LogP contribution is -2.29. The van der Waals surface area contributed by atoms with E-state index in [1.807, 2.05) is 0 Å². The Hall–Kier alpha value is -3.26. The number of nitro benzene ring substituents is 1. The molecule has 0 aliphatic heterocycles. The van der Waals surface area contributed by atoms with Crippen LogP contribution in [0.25, 0.3) is 6.08 Å². The Morgan fingerprint density at radius 2 is 1.96 bits per heavy atom. The minimum atomic E-state index is -1.24. The van der Waals surface area contributed by atoms with Gasteiger partial charge in [0.2, 0.25) is 0 Å². The first-order valence-corrected chi connectivity index (χ1v) is 8.04. The fraction of sp³-hybridized carbons (Fsp3) is 0.111. The van der Waals surface area contributed by atoms with Crippen LogP contribution in [0.5, 0.6) is 0 Å². The van der Waals surface area contributed by atoms with Crippen LogP contribution in [0.4, 0.5) is 15.8 Å². The molecule has 0 aromatic heterocycles. The largest absolute Gasteiger partial charge is 0.449 e. The van der Waals surface area contributed by atoms with Crippen molar-refractivity contribution < 1.29 is 23.6 Å². The van der Waals surface area contributed by atoms with Crippen molar-refractivity contribution in [2.24, 2.45) is 0 Å². The van der Waals surface area contributed by atoms with Gasteiger partial charge in [0.25, 0.3) is 11.6 Å². The first kappa shape index (κ1) is 20.1. The number of halogens is 2. The van der Waals surface area contributed by atoms with Crippen LogP contribution >= 0.6 is 11.6 Å². The summed E-state index contributed by atoms with van der Waals surface area (Å²) in [6.07, 6.45) is 0.823. The number of hydrogen-bond acceptors (Lipinski definition) is 5. The summed E-state index contributed by atoms with van der Waals surface area (Å²) in [5.41, 5.74) is -0.310. The van der Waals surface area contributed by atoms with E-state index >= 15 is 0 Å². The fourth-order valence-electron chi connectivity index (χ4n) is 2.06. The predicted molar refractivity (Wildman–Crippen MR) is 97.7 cm³/mol. The van der Waals surface area contributed by atoms with Crippen LogP contribution in [0.3, 0.4) is 0 Å². The Morgan fingerprint density at radius 1 is 1.26 bits per heavy atom. The zero-order valence-electron chi connectivity index (χ0n) is 14.0. The number of rotatable bonds is 6. The van der Waals surface area contributed by atoms with Crippen molar-refractivity contribution in [3.8, 4) is 0 Å². The van der Waals surface area contributed by atoms with Crippen molar-refractivity contribution in [3.63, 3.8) is 0 Å². The second kappa shape index (κ2) is 8.91. The van der Waals surface area contributed by atoms with Gasteiger partial charge < -0.3 is 10.1 Å². The molecule has 0 unspecified atom stereocenters. The molecular formula is C18H14ClFN2O5. The van der Waals surface area contributed by atoms with Crippen LogP contribution in [0.1, 0.15) is 12.5 Å². The number of nitrogens with zero attached hydrogens (tertiary/aromatic N) is 1. The van der Waals surface area contributed by atoms with Crippen molar-refractivity contribution in [1.29, 1.82) is 0 Å². The third-order valence-corrected chi connectivity index (χ3v) is 3.74. The highest BCUT2D eigenvalue weighted by molar-refractivity contribution is 6.32. The molecule has 9 heteroatoms. The lowest BCUT2D eigenvalue weighted by Gasteiger charge is -2.12. The van der Waals surface area contributed by atoms with E-state index in [9.17, 15) is 24.1 Å². The topological polar surface area (TPSA) is 98.5 Å². The average molecular weight is 393 g/mol. The van der Waals surface area contributed by atoms with Gasteiger partial charge in [-0.15, -0.1) is 0 Å². The number of benzene rings is 2. The summed E-state index contributed by atoms with van der Waals surface area (Å²) in [4.78, 5) is 34.2. The van der Waals surface area contributed by atoms with Gasteiger partial charge >= 0.3 is 5.97 Å². The Bertz CT molecular complexity index is 896. The molecule has 27 heavy (non-hydrogen) atoms. The molecule has 0 radical (unpaired) electrons. The van der Waals surface area contributed by atoms with Crippen LogP contribution in [-0.2, 0) is 14.3 Å². The molecule has 0 spiro atoms. The molecule has 0 saturated heterocycles. The molecule has 2 aromatic rings. The number of esters is 1. The van der Waals surface area contributed by atoms with Crippen molar-refractivity contribution in [2.75, 3.05) is 5.32 Å². The van der Waals surface area contributed by atoms with Crippen molar-refractivity contribution in [3.05, 3.63) is 75.1 Å². The van der Waals surface area contributed by atoms with E-state index in [2.05, 4.69) is 5.32 Å². The zero-order valence-corrected chi connectivity index (χ0v) is 14.8. The standard InChI is InChI=1S/C18H14ClFN2O5/c1-11(18(24)21-15-7-2-3-8-16(15)22(25)26)27-17(23)10-9-12-13(19)5-4-6-14(12)20/h2-11H,1H3,(H,21,24)/b10-9+/t11-/m0/s1. The second-order valence-corrected chi connectivity index (χ2v) is 5.72. The SMILES string of the molecule is C[C@H](OC(=O)/C=C/c1c(F)cccc1Cl)C(=O)Nc1ccccc1[N+](=O)[O-]. The molecule has 0 saturated carbocycles. The van der Waals surface area contributed by atoms with E-state index < -0.39 is 28.7 Å². The number of ether oxygens (including phenoxy) is 1.